The predicted octanol–water partition coefficient (Wildman–Crippen LogP) is 17.9. The van der Waals surface area contributed by atoms with Crippen LogP contribution in [-0.2, 0) is 10.8 Å². The highest BCUT2D eigenvalue weighted by atomic mass is 32.1. The first-order valence-corrected chi connectivity index (χ1v) is 24.8. The van der Waals surface area contributed by atoms with Gasteiger partial charge >= 0.3 is 0 Å². The predicted molar refractivity (Wildman–Crippen MR) is 280 cm³/mol. The Hall–Kier alpha value is -7.00. The molecular weight excluding hydrogens is 815 g/mol. The van der Waals surface area contributed by atoms with Crippen LogP contribution >= 0.6 is 11.3 Å². The van der Waals surface area contributed by atoms with Gasteiger partial charge in [0.2, 0.25) is 0 Å². The van der Waals surface area contributed by atoms with E-state index in [9.17, 15) is 0 Å². The van der Waals surface area contributed by atoms with E-state index in [2.05, 4.69) is 219 Å². The van der Waals surface area contributed by atoms with Gasteiger partial charge in [0.05, 0.1) is 0 Å². The van der Waals surface area contributed by atoms with E-state index in [1.54, 1.807) is 5.56 Å². The van der Waals surface area contributed by atoms with Crippen LogP contribution in [0.5, 0.6) is 0 Å². The zero-order valence-corrected chi connectivity index (χ0v) is 38.2. The van der Waals surface area contributed by atoms with Crippen LogP contribution in [0.1, 0.15) is 61.8 Å². The molecule has 4 aliphatic rings. The van der Waals surface area contributed by atoms with Crippen molar-refractivity contribution in [3.8, 4) is 55.6 Å². The molecule has 0 saturated heterocycles. The van der Waals surface area contributed by atoms with E-state index < -0.39 is 0 Å². The van der Waals surface area contributed by atoms with Gasteiger partial charge < -0.3 is 4.90 Å². The second-order valence-electron chi connectivity index (χ2n) is 20.0. The van der Waals surface area contributed by atoms with Crippen molar-refractivity contribution in [1.29, 1.82) is 0 Å². The molecule has 66 heavy (non-hydrogen) atoms. The minimum atomic E-state index is -0.103. The van der Waals surface area contributed by atoms with Gasteiger partial charge in [0, 0.05) is 48.1 Å². The summed E-state index contributed by atoms with van der Waals surface area (Å²) in [6, 6.07) is 76.0. The summed E-state index contributed by atoms with van der Waals surface area (Å²) in [6.45, 7) is 4.78. The summed E-state index contributed by atoms with van der Waals surface area (Å²) in [5.41, 5.74) is 22.6. The molecule has 14 rings (SSSR count). The van der Waals surface area contributed by atoms with Gasteiger partial charge in [-0.25, -0.2) is 0 Å². The minimum Gasteiger partial charge on any atom is -0.310 e. The third-order valence-corrected chi connectivity index (χ3v) is 17.6. The number of fused-ring (bicyclic) bond motifs is 14. The Morgan fingerprint density at radius 2 is 0.985 bits per heavy atom. The molecular formula is C64H49NS. The van der Waals surface area contributed by atoms with Gasteiger partial charge in [0.25, 0.3) is 0 Å². The van der Waals surface area contributed by atoms with Crippen molar-refractivity contribution in [2.45, 2.75) is 50.4 Å². The van der Waals surface area contributed by atoms with E-state index in [1.165, 1.54) is 124 Å². The number of nitrogens with zero attached hydrogens (tertiary/aromatic N) is 1. The molecule has 2 saturated carbocycles. The maximum Gasteiger partial charge on any atom is 0.0465 e. The summed E-state index contributed by atoms with van der Waals surface area (Å²) in [4.78, 5) is 2.51. The first kappa shape index (κ1) is 38.3. The number of thiophene rings is 1. The van der Waals surface area contributed by atoms with Crippen molar-refractivity contribution in [2.75, 3.05) is 4.90 Å². The fraction of sp³-hybridized carbons (Fsp3) is 0.156. The first-order valence-electron chi connectivity index (χ1n) is 23.9. The topological polar surface area (TPSA) is 3.24 Å². The number of hydrogen-bond donors (Lipinski definition) is 0. The Morgan fingerprint density at radius 3 is 1.71 bits per heavy atom. The second kappa shape index (κ2) is 14.2. The molecule has 4 aliphatic carbocycles. The highest BCUT2D eigenvalue weighted by molar-refractivity contribution is 7.26. The molecule has 1 spiro atoms. The number of benzene rings is 9. The lowest BCUT2D eigenvalue weighted by atomic mass is 9.67. The van der Waals surface area contributed by atoms with Crippen molar-refractivity contribution in [3.05, 3.63) is 222 Å². The van der Waals surface area contributed by atoms with Crippen LogP contribution in [0.4, 0.5) is 17.1 Å². The van der Waals surface area contributed by atoms with E-state index >= 15 is 0 Å². The van der Waals surface area contributed by atoms with Crippen molar-refractivity contribution in [1.82, 2.24) is 0 Å². The van der Waals surface area contributed by atoms with E-state index in [1.807, 2.05) is 11.3 Å². The van der Waals surface area contributed by atoms with E-state index in [0.717, 1.165) is 17.3 Å². The largest absolute Gasteiger partial charge is 0.310 e. The molecule has 2 bridgehead atoms. The molecule has 0 aliphatic heterocycles. The Kier molecular flexibility index (Phi) is 8.27. The molecule has 3 atom stereocenters. The zero-order valence-electron chi connectivity index (χ0n) is 37.4. The molecule has 316 valence electrons. The number of rotatable bonds is 6. The fourth-order valence-corrected chi connectivity index (χ4v) is 14.8. The highest BCUT2D eigenvalue weighted by Crippen LogP contribution is 2.66. The van der Waals surface area contributed by atoms with Crippen molar-refractivity contribution in [3.63, 3.8) is 0 Å². The summed E-state index contributed by atoms with van der Waals surface area (Å²) < 4.78 is 2.69. The van der Waals surface area contributed by atoms with Crippen LogP contribution in [0.3, 0.4) is 0 Å². The first-order chi connectivity index (χ1) is 32.5. The van der Waals surface area contributed by atoms with E-state index in [-0.39, 0.29) is 10.8 Å². The lowest BCUT2D eigenvalue weighted by Gasteiger charge is -2.37. The van der Waals surface area contributed by atoms with Crippen molar-refractivity contribution >= 4 is 48.6 Å². The number of hydrogen-bond acceptors (Lipinski definition) is 2. The van der Waals surface area contributed by atoms with E-state index in [4.69, 9.17) is 0 Å². The quantitative estimate of drug-likeness (QED) is 0.161. The molecule has 1 aromatic heterocycles. The van der Waals surface area contributed by atoms with Crippen LogP contribution in [-0.4, -0.2) is 0 Å². The molecule has 1 nitrogen and oxygen atoms in total. The van der Waals surface area contributed by atoms with Crippen molar-refractivity contribution in [2.24, 2.45) is 11.8 Å². The standard InChI is InChI=1S/C64H49NS/c1-63(2)57-22-8-5-16-51(57)55-20-12-19-54(61(55)63)49-14-4-3-13-47(49)41-26-31-44(32-27-41)65(45-33-28-42(29-34-45)48-18-11-21-56-53-17-7-10-24-60(53)66-62(48)56)46-35-36-52-50-15-6-9-23-58(50)64(59(52)38-46)39-40-25-30-43(64)37-40/h3-24,26-29,31-36,38,40,43H,25,30,37,39H2,1-2H3. The smallest absolute Gasteiger partial charge is 0.0465 e. The molecule has 0 N–H and O–H groups in total. The summed E-state index contributed by atoms with van der Waals surface area (Å²) in [5.74, 6) is 1.52. The van der Waals surface area contributed by atoms with Gasteiger partial charge in [-0.15, -0.1) is 11.3 Å². The van der Waals surface area contributed by atoms with Crippen molar-refractivity contribution < 1.29 is 0 Å². The summed E-state index contributed by atoms with van der Waals surface area (Å²) in [6.07, 6.45) is 5.34. The van der Waals surface area contributed by atoms with Crippen LogP contribution in [0.25, 0.3) is 75.8 Å². The lowest BCUT2D eigenvalue weighted by molar-refractivity contribution is 0.327. The van der Waals surface area contributed by atoms with Gasteiger partial charge in [0.1, 0.15) is 0 Å². The SMILES string of the molecule is CC1(C)c2ccccc2-c2cccc(-c3ccccc3-c3ccc(N(c4ccc(-c5cccc6c5sc5ccccc56)cc4)c4ccc5c(c4)C4(CC6CCC4C6)c4ccccc4-5)cc3)c21. The lowest BCUT2D eigenvalue weighted by Crippen LogP contribution is -2.32. The van der Waals surface area contributed by atoms with Gasteiger partial charge in [-0.1, -0.05) is 178 Å². The van der Waals surface area contributed by atoms with Gasteiger partial charge in [-0.05, 0) is 151 Å². The average Bonchev–Trinajstić information content (AvgIpc) is 4.19. The highest BCUT2D eigenvalue weighted by Gasteiger charge is 2.56. The molecule has 0 radical (unpaired) electrons. The zero-order chi connectivity index (χ0) is 43.7. The Bertz CT molecular complexity index is 3590. The Morgan fingerprint density at radius 1 is 0.439 bits per heavy atom. The molecule has 0 amide bonds. The third-order valence-electron chi connectivity index (χ3n) is 16.4. The van der Waals surface area contributed by atoms with Crippen LogP contribution < -0.4 is 4.90 Å². The molecule has 1 heterocycles. The summed E-state index contributed by atoms with van der Waals surface area (Å²) in [5, 5.41) is 2.67. The minimum absolute atomic E-state index is 0.102. The molecule has 3 unspecified atom stereocenters. The monoisotopic (exact) mass is 863 g/mol. The van der Waals surface area contributed by atoms with E-state index in [0.29, 0.717) is 5.92 Å². The van der Waals surface area contributed by atoms with Crippen LogP contribution in [0.2, 0.25) is 0 Å². The average molecular weight is 864 g/mol. The molecule has 2 fully saturated rings. The normalized spacial score (nSPS) is 19.3. The molecule has 10 aromatic rings. The molecule has 2 heteroatoms. The molecule has 9 aromatic carbocycles. The van der Waals surface area contributed by atoms with Crippen LogP contribution in [0, 0.1) is 11.8 Å². The Balaban J connectivity index is 0.897. The second-order valence-corrected chi connectivity index (χ2v) is 21.0. The van der Waals surface area contributed by atoms with Gasteiger partial charge in [-0.2, -0.15) is 0 Å². The Labute approximate surface area is 391 Å². The third kappa shape index (κ3) is 5.40. The van der Waals surface area contributed by atoms with Gasteiger partial charge in [0.15, 0.2) is 0 Å². The fourth-order valence-electron chi connectivity index (χ4n) is 13.6. The number of anilines is 3. The maximum absolute atomic E-state index is 2.58. The van der Waals surface area contributed by atoms with Crippen LogP contribution in [0.15, 0.2) is 200 Å². The summed E-state index contributed by atoms with van der Waals surface area (Å²) >= 11 is 1.90. The summed E-state index contributed by atoms with van der Waals surface area (Å²) in [7, 11) is 0. The maximum atomic E-state index is 2.58. The van der Waals surface area contributed by atoms with Gasteiger partial charge in [-0.3, -0.25) is 0 Å².